The number of hydrogen-bond donors (Lipinski definition) is 3. The topological polar surface area (TPSA) is 124 Å². The molecule has 1 atom stereocenters. The Morgan fingerprint density at radius 1 is 1.37 bits per heavy atom. The molecular weight excluding hydrogens is 350 g/mol. The van der Waals surface area contributed by atoms with E-state index in [9.17, 15) is 14.7 Å². The van der Waals surface area contributed by atoms with Crippen molar-refractivity contribution in [2.24, 2.45) is 0 Å². The third kappa shape index (κ3) is 2.92. The van der Waals surface area contributed by atoms with E-state index in [0.29, 0.717) is 22.7 Å². The van der Waals surface area contributed by atoms with Crippen LogP contribution in [0, 0.1) is 0 Å². The number of hydrogen-bond acceptors (Lipinski definition) is 5. The maximum Gasteiger partial charge on any atom is 0.326 e. The Labute approximate surface area is 154 Å². The van der Waals surface area contributed by atoms with Crippen LogP contribution in [0.1, 0.15) is 21.7 Å². The van der Waals surface area contributed by atoms with Crippen molar-refractivity contribution in [3.8, 4) is 17.0 Å². The molecule has 3 N–H and O–H groups in total. The Bertz CT molecular complexity index is 1010. The molecule has 1 amide bonds. The maximum absolute atomic E-state index is 13.2. The average molecular weight is 367 g/mol. The zero-order valence-electron chi connectivity index (χ0n) is 14.5. The predicted molar refractivity (Wildman–Crippen MR) is 94.2 cm³/mol. The first-order chi connectivity index (χ1) is 13.1. The highest BCUT2D eigenvalue weighted by molar-refractivity contribution is 6.01. The molecule has 0 radical (unpaired) electrons. The summed E-state index contributed by atoms with van der Waals surface area (Å²) >= 11 is 0. The van der Waals surface area contributed by atoms with E-state index < -0.39 is 17.9 Å². The van der Waals surface area contributed by atoms with Gasteiger partial charge in [0.05, 0.1) is 48.8 Å². The highest BCUT2D eigenvalue weighted by Crippen LogP contribution is 2.28. The number of benzene rings is 1. The van der Waals surface area contributed by atoms with Crippen LogP contribution in [-0.4, -0.2) is 55.2 Å². The molecule has 9 heteroatoms. The number of methoxy groups -OCH3 is 1. The fourth-order valence-electron chi connectivity index (χ4n) is 3.27. The second-order valence-electron chi connectivity index (χ2n) is 6.21. The summed E-state index contributed by atoms with van der Waals surface area (Å²) in [7, 11) is 1.56. The predicted octanol–water partition coefficient (Wildman–Crippen LogP) is 1.46. The van der Waals surface area contributed by atoms with E-state index in [1.165, 1.54) is 17.4 Å². The van der Waals surface area contributed by atoms with Gasteiger partial charge in [-0.3, -0.25) is 9.89 Å². The molecule has 4 rings (SSSR count). The lowest BCUT2D eigenvalue weighted by atomic mass is 10.0. The van der Waals surface area contributed by atoms with E-state index >= 15 is 0 Å². The van der Waals surface area contributed by atoms with Crippen molar-refractivity contribution in [3.63, 3.8) is 0 Å². The van der Waals surface area contributed by atoms with Crippen LogP contribution in [0.25, 0.3) is 11.3 Å². The second-order valence-corrected chi connectivity index (χ2v) is 6.21. The summed E-state index contributed by atoms with van der Waals surface area (Å²) in [4.78, 5) is 33.4. The van der Waals surface area contributed by atoms with Crippen LogP contribution in [0.3, 0.4) is 0 Å². The van der Waals surface area contributed by atoms with Crippen molar-refractivity contribution < 1.29 is 19.4 Å². The van der Waals surface area contributed by atoms with Crippen LogP contribution in [0.4, 0.5) is 0 Å². The molecule has 27 heavy (non-hydrogen) atoms. The molecule has 1 aliphatic heterocycles. The number of carbonyl (C=O) groups is 2. The summed E-state index contributed by atoms with van der Waals surface area (Å²) in [6.07, 6.45) is 3.09. The highest BCUT2D eigenvalue weighted by Gasteiger charge is 2.37. The van der Waals surface area contributed by atoms with Crippen molar-refractivity contribution in [2.45, 2.75) is 19.0 Å². The van der Waals surface area contributed by atoms with Gasteiger partial charge in [0, 0.05) is 12.0 Å². The van der Waals surface area contributed by atoms with Gasteiger partial charge in [-0.15, -0.1) is 0 Å². The van der Waals surface area contributed by atoms with Gasteiger partial charge < -0.3 is 19.7 Å². The van der Waals surface area contributed by atoms with E-state index in [0.717, 1.165) is 11.3 Å². The largest absolute Gasteiger partial charge is 0.497 e. The van der Waals surface area contributed by atoms with E-state index in [1.54, 1.807) is 25.3 Å². The number of rotatable bonds is 4. The van der Waals surface area contributed by atoms with Crippen molar-refractivity contribution in [1.29, 1.82) is 0 Å². The van der Waals surface area contributed by atoms with E-state index in [2.05, 4.69) is 20.2 Å². The van der Waals surface area contributed by atoms with Crippen LogP contribution in [0.2, 0.25) is 0 Å². The molecule has 0 saturated heterocycles. The summed E-state index contributed by atoms with van der Waals surface area (Å²) in [5, 5.41) is 16.4. The Balaban J connectivity index is 1.71. The molecule has 1 aliphatic rings. The fraction of sp³-hybridized carbons (Fsp3) is 0.222. The van der Waals surface area contributed by atoms with Gasteiger partial charge in [-0.25, -0.2) is 9.78 Å². The molecule has 1 unspecified atom stereocenters. The first-order valence-corrected chi connectivity index (χ1v) is 8.31. The fourth-order valence-corrected chi connectivity index (χ4v) is 3.27. The SMILES string of the molecule is COc1cccc(-c2[nH]ncc2C(=O)N2Cc3[nH]cnc3CC2C(=O)O)c1. The molecule has 2 aromatic heterocycles. The van der Waals surface area contributed by atoms with Crippen LogP contribution in [0.5, 0.6) is 5.75 Å². The van der Waals surface area contributed by atoms with Crippen molar-refractivity contribution in [2.75, 3.05) is 7.11 Å². The van der Waals surface area contributed by atoms with E-state index in [1.807, 2.05) is 6.07 Å². The van der Waals surface area contributed by atoms with Gasteiger partial charge in [-0.2, -0.15) is 5.10 Å². The smallest absolute Gasteiger partial charge is 0.326 e. The lowest BCUT2D eigenvalue weighted by Crippen LogP contribution is -2.48. The van der Waals surface area contributed by atoms with Gasteiger partial charge in [0.15, 0.2) is 0 Å². The van der Waals surface area contributed by atoms with Crippen LogP contribution >= 0.6 is 0 Å². The van der Waals surface area contributed by atoms with Crippen LogP contribution in [0.15, 0.2) is 36.8 Å². The standard InChI is InChI=1S/C18H17N5O4/c1-27-11-4-2-3-10(5-11)16-12(7-21-22-16)17(24)23-8-14-13(19-9-20-14)6-15(23)18(25)26/h2-5,7,9,15H,6,8H2,1H3,(H,19,20)(H,21,22)(H,25,26). The highest BCUT2D eigenvalue weighted by atomic mass is 16.5. The molecule has 9 nitrogen and oxygen atoms in total. The van der Waals surface area contributed by atoms with Gasteiger partial charge in [0.1, 0.15) is 11.8 Å². The lowest BCUT2D eigenvalue weighted by molar-refractivity contribution is -0.142. The molecular formula is C18H17N5O4. The summed E-state index contributed by atoms with van der Waals surface area (Å²) in [6.45, 7) is 0.147. The summed E-state index contributed by atoms with van der Waals surface area (Å²) in [6, 6.07) is 6.22. The van der Waals surface area contributed by atoms with Gasteiger partial charge in [0.2, 0.25) is 0 Å². The Morgan fingerprint density at radius 2 is 2.22 bits per heavy atom. The number of carboxylic acid groups (broad SMARTS) is 1. The second kappa shape index (κ2) is 6.60. The number of aromatic nitrogens is 4. The molecule has 138 valence electrons. The quantitative estimate of drug-likeness (QED) is 0.641. The molecule has 0 bridgehead atoms. The zero-order valence-corrected chi connectivity index (χ0v) is 14.5. The first kappa shape index (κ1) is 16.8. The number of nitrogens with one attached hydrogen (secondary N) is 2. The Hall–Kier alpha value is -3.62. The number of nitrogens with zero attached hydrogens (tertiary/aromatic N) is 3. The minimum absolute atomic E-state index is 0.147. The average Bonchev–Trinajstić information content (AvgIpc) is 3.35. The summed E-state index contributed by atoms with van der Waals surface area (Å²) in [5.41, 5.74) is 2.95. The number of aliphatic carboxylic acids is 1. The third-order valence-corrected chi connectivity index (χ3v) is 4.67. The van der Waals surface area contributed by atoms with Gasteiger partial charge >= 0.3 is 5.97 Å². The van der Waals surface area contributed by atoms with Crippen molar-refractivity contribution in [3.05, 3.63) is 53.7 Å². The maximum atomic E-state index is 13.2. The first-order valence-electron chi connectivity index (χ1n) is 8.31. The van der Waals surface area contributed by atoms with Crippen LogP contribution in [-0.2, 0) is 17.8 Å². The Morgan fingerprint density at radius 3 is 3.00 bits per heavy atom. The van der Waals surface area contributed by atoms with Gasteiger partial charge in [-0.1, -0.05) is 12.1 Å². The monoisotopic (exact) mass is 367 g/mol. The molecule has 0 aliphatic carbocycles. The van der Waals surface area contributed by atoms with Crippen LogP contribution < -0.4 is 4.74 Å². The minimum Gasteiger partial charge on any atom is -0.497 e. The van der Waals surface area contributed by atoms with Gasteiger partial charge in [0.25, 0.3) is 5.91 Å². The molecule has 0 saturated carbocycles. The normalized spacial score (nSPS) is 16.0. The van der Waals surface area contributed by atoms with Gasteiger partial charge in [-0.05, 0) is 12.1 Å². The number of aromatic amines is 2. The van der Waals surface area contributed by atoms with E-state index in [-0.39, 0.29) is 13.0 Å². The van der Waals surface area contributed by atoms with Crippen molar-refractivity contribution in [1.82, 2.24) is 25.1 Å². The summed E-state index contributed by atoms with van der Waals surface area (Å²) in [5.74, 6) is -0.832. The number of imidazole rings is 1. The number of carbonyl (C=O) groups excluding carboxylic acids is 1. The van der Waals surface area contributed by atoms with Crippen molar-refractivity contribution >= 4 is 11.9 Å². The molecule has 3 heterocycles. The minimum atomic E-state index is -1.07. The molecule has 3 aromatic rings. The number of H-pyrrole nitrogens is 2. The van der Waals surface area contributed by atoms with E-state index in [4.69, 9.17) is 4.74 Å². The molecule has 0 fully saturated rings. The number of ether oxygens (including phenoxy) is 1. The number of fused-ring (bicyclic) bond motifs is 1. The Kier molecular flexibility index (Phi) is 4.11. The summed E-state index contributed by atoms with van der Waals surface area (Å²) < 4.78 is 5.23. The lowest BCUT2D eigenvalue weighted by Gasteiger charge is -2.32. The molecule has 1 aromatic carbocycles. The third-order valence-electron chi connectivity index (χ3n) is 4.67. The molecule has 0 spiro atoms. The zero-order chi connectivity index (χ0) is 19.0. The number of carboxylic acids is 1. The number of amides is 1.